The van der Waals surface area contributed by atoms with E-state index in [2.05, 4.69) is 20.3 Å². The minimum absolute atomic E-state index is 0.180. The molecule has 5 N–H and O–H groups in total. The lowest BCUT2D eigenvalue weighted by Crippen LogP contribution is -2.18. The highest BCUT2D eigenvalue weighted by Gasteiger charge is 2.00. The van der Waals surface area contributed by atoms with Crippen LogP contribution in [0.4, 0.5) is 11.9 Å². The van der Waals surface area contributed by atoms with Gasteiger partial charge in [-0.2, -0.15) is 15.0 Å². The lowest BCUT2D eigenvalue weighted by Gasteiger charge is -2.01. The van der Waals surface area contributed by atoms with E-state index in [4.69, 9.17) is 11.5 Å². The molecular formula is C7H14N6. The van der Waals surface area contributed by atoms with Gasteiger partial charge in [0.05, 0.1) is 0 Å². The van der Waals surface area contributed by atoms with Crippen LogP contribution in [0.5, 0.6) is 0 Å². The molecule has 0 aliphatic heterocycles. The molecule has 6 heteroatoms. The molecule has 72 valence electrons. The molecule has 1 aromatic rings. The number of rotatable bonds is 4. The summed E-state index contributed by atoms with van der Waals surface area (Å²) in [5.41, 5.74) is 10.8. The Morgan fingerprint density at radius 2 is 1.77 bits per heavy atom. The lowest BCUT2D eigenvalue weighted by atomic mass is 10.4. The number of hydrogen-bond donors (Lipinski definition) is 3. The fraction of sp³-hybridized carbons (Fsp3) is 0.571. The maximum absolute atomic E-state index is 5.40. The van der Waals surface area contributed by atoms with Crippen molar-refractivity contribution in [3.63, 3.8) is 0 Å². The standard InChI is InChI=1S/C7H14N6/c1-2-10-4-3-5-11-6(8)13-7(9)12-5/h10H,2-4H2,1H3,(H4,8,9,11,12,13). The number of hydrogen-bond acceptors (Lipinski definition) is 6. The summed E-state index contributed by atoms with van der Waals surface area (Å²) in [5.74, 6) is 0.990. The molecule has 0 atom stereocenters. The van der Waals surface area contributed by atoms with Crippen molar-refractivity contribution in [2.24, 2.45) is 0 Å². The van der Waals surface area contributed by atoms with Gasteiger partial charge in [0.1, 0.15) is 5.82 Å². The summed E-state index contributed by atoms with van der Waals surface area (Å²) in [5, 5.41) is 3.15. The van der Waals surface area contributed by atoms with Crippen molar-refractivity contribution in [3.8, 4) is 0 Å². The van der Waals surface area contributed by atoms with E-state index in [0.29, 0.717) is 12.2 Å². The van der Waals surface area contributed by atoms with Gasteiger partial charge in [-0.25, -0.2) is 0 Å². The molecule has 1 heterocycles. The van der Waals surface area contributed by atoms with Gasteiger partial charge in [-0.05, 0) is 6.54 Å². The first-order valence-electron chi connectivity index (χ1n) is 4.19. The van der Waals surface area contributed by atoms with Crippen LogP contribution in [0.25, 0.3) is 0 Å². The maximum Gasteiger partial charge on any atom is 0.225 e. The van der Waals surface area contributed by atoms with E-state index in [0.717, 1.165) is 13.1 Å². The molecule has 0 aromatic carbocycles. The van der Waals surface area contributed by atoms with Crippen molar-refractivity contribution in [1.29, 1.82) is 0 Å². The minimum Gasteiger partial charge on any atom is -0.368 e. The van der Waals surface area contributed by atoms with E-state index in [-0.39, 0.29) is 11.9 Å². The van der Waals surface area contributed by atoms with Gasteiger partial charge in [0.15, 0.2) is 0 Å². The Morgan fingerprint density at radius 3 is 2.31 bits per heavy atom. The number of anilines is 2. The predicted molar refractivity (Wildman–Crippen MR) is 50.9 cm³/mol. The Hall–Kier alpha value is -1.43. The fourth-order valence-electron chi connectivity index (χ4n) is 0.946. The summed E-state index contributed by atoms with van der Waals surface area (Å²) in [6, 6.07) is 0. The minimum atomic E-state index is 0.180. The first-order chi connectivity index (χ1) is 6.22. The van der Waals surface area contributed by atoms with Gasteiger partial charge in [-0.15, -0.1) is 0 Å². The maximum atomic E-state index is 5.40. The van der Waals surface area contributed by atoms with Gasteiger partial charge >= 0.3 is 0 Å². The summed E-state index contributed by atoms with van der Waals surface area (Å²) in [6.07, 6.45) is 0.713. The second kappa shape index (κ2) is 4.56. The SMILES string of the molecule is CCNCCc1nc(N)nc(N)n1. The van der Waals surface area contributed by atoms with Gasteiger partial charge in [0.25, 0.3) is 0 Å². The van der Waals surface area contributed by atoms with Gasteiger partial charge in [0, 0.05) is 13.0 Å². The number of aromatic nitrogens is 3. The van der Waals surface area contributed by atoms with Crippen LogP contribution in [0.2, 0.25) is 0 Å². The summed E-state index contributed by atoms with van der Waals surface area (Å²) < 4.78 is 0. The van der Waals surface area contributed by atoms with Crippen LogP contribution >= 0.6 is 0 Å². The van der Waals surface area contributed by atoms with Crippen LogP contribution < -0.4 is 16.8 Å². The van der Waals surface area contributed by atoms with Crippen LogP contribution in [0.3, 0.4) is 0 Å². The van der Waals surface area contributed by atoms with E-state index >= 15 is 0 Å². The molecule has 0 radical (unpaired) electrons. The summed E-state index contributed by atoms with van der Waals surface area (Å²) in [7, 11) is 0. The van der Waals surface area contributed by atoms with Crippen molar-refractivity contribution < 1.29 is 0 Å². The molecule has 6 nitrogen and oxygen atoms in total. The molecule has 13 heavy (non-hydrogen) atoms. The van der Waals surface area contributed by atoms with Gasteiger partial charge in [-0.3, -0.25) is 0 Å². The van der Waals surface area contributed by atoms with E-state index in [1.165, 1.54) is 0 Å². The summed E-state index contributed by atoms with van der Waals surface area (Å²) in [6.45, 7) is 3.78. The summed E-state index contributed by atoms with van der Waals surface area (Å²) >= 11 is 0. The summed E-state index contributed by atoms with van der Waals surface area (Å²) in [4.78, 5) is 11.6. The highest BCUT2D eigenvalue weighted by Crippen LogP contribution is 1.98. The van der Waals surface area contributed by atoms with Crippen molar-refractivity contribution in [2.45, 2.75) is 13.3 Å². The molecule has 0 aliphatic rings. The molecular weight excluding hydrogens is 168 g/mol. The van der Waals surface area contributed by atoms with Crippen LogP contribution in [0.15, 0.2) is 0 Å². The van der Waals surface area contributed by atoms with E-state index in [9.17, 15) is 0 Å². The largest absolute Gasteiger partial charge is 0.368 e. The first-order valence-corrected chi connectivity index (χ1v) is 4.19. The zero-order valence-corrected chi connectivity index (χ0v) is 7.62. The van der Waals surface area contributed by atoms with Gasteiger partial charge in [-0.1, -0.05) is 6.92 Å². The zero-order chi connectivity index (χ0) is 9.68. The molecule has 1 aromatic heterocycles. The highest BCUT2D eigenvalue weighted by molar-refractivity contribution is 5.25. The average molecular weight is 182 g/mol. The van der Waals surface area contributed by atoms with Crippen molar-refractivity contribution in [2.75, 3.05) is 24.6 Å². The topological polar surface area (TPSA) is 103 Å². The predicted octanol–water partition coefficient (Wildman–Crippen LogP) is -0.812. The van der Waals surface area contributed by atoms with Gasteiger partial charge in [0.2, 0.25) is 11.9 Å². The third-order valence-electron chi connectivity index (χ3n) is 1.49. The first kappa shape index (κ1) is 9.66. The second-order valence-corrected chi connectivity index (χ2v) is 2.57. The second-order valence-electron chi connectivity index (χ2n) is 2.57. The lowest BCUT2D eigenvalue weighted by molar-refractivity contribution is 0.695. The molecule has 0 saturated carbocycles. The number of nitrogen functional groups attached to an aromatic ring is 2. The molecule has 0 spiro atoms. The smallest absolute Gasteiger partial charge is 0.225 e. The Labute approximate surface area is 76.8 Å². The van der Waals surface area contributed by atoms with Crippen molar-refractivity contribution >= 4 is 11.9 Å². The molecule has 1 rings (SSSR count). The van der Waals surface area contributed by atoms with E-state index < -0.39 is 0 Å². The Morgan fingerprint density at radius 1 is 1.15 bits per heavy atom. The third kappa shape index (κ3) is 3.20. The number of likely N-dealkylation sites (N-methyl/N-ethyl adjacent to an activating group) is 1. The third-order valence-corrected chi connectivity index (χ3v) is 1.49. The Kier molecular flexibility index (Phi) is 3.39. The molecule has 0 saturated heterocycles. The molecule has 0 aliphatic carbocycles. The van der Waals surface area contributed by atoms with Crippen LogP contribution in [-0.2, 0) is 6.42 Å². The Bertz CT molecular complexity index is 253. The monoisotopic (exact) mass is 182 g/mol. The number of nitrogens with zero attached hydrogens (tertiary/aromatic N) is 3. The zero-order valence-electron chi connectivity index (χ0n) is 7.62. The molecule has 0 bridgehead atoms. The fourth-order valence-corrected chi connectivity index (χ4v) is 0.946. The van der Waals surface area contributed by atoms with Crippen LogP contribution in [-0.4, -0.2) is 28.0 Å². The number of nitrogens with one attached hydrogen (secondary N) is 1. The van der Waals surface area contributed by atoms with Crippen LogP contribution in [0, 0.1) is 0 Å². The highest BCUT2D eigenvalue weighted by atomic mass is 15.1. The van der Waals surface area contributed by atoms with Crippen LogP contribution in [0.1, 0.15) is 12.7 Å². The molecule has 0 fully saturated rings. The molecule has 0 amide bonds. The number of nitrogens with two attached hydrogens (primary N) is 2. The van der Waals surface area contributed by atoms with Crippen molar-refractivity contribution in [3.05, 3.63) is 5.82 Å². The van der Waals surface area contributed by atoms with E-state index in [1.807, 2.05) is 6.92 Å². The van der Waals surface area contributed by atoms with E-state index in [1.54, 1.807) is 0 Å². The Balaban J connectivity index is 2.56. The quantitative estimate of drug-likeness (QED) is 0.526. The average Bonchev–Trinajstić information content (AvgIpc) is 2.03. The molecule has 0 unspecified atom stereocenters. The normalized spacial score (nSPS) is 10.2. The van der Waals surface area contributed by atoms with Crippen molar-refractivity contribution in [1.82, 2.24) is 20.3 Å². The van der Waals surface area contributed by atoms with Gasteiger partial charge < -0.3 is 16.8 Å².